The van der Waals surface area contributed by atoms with Crippen LogP contribution >= 0.6 is 11.8 Å². The summed E-state index contributed by atoms with van der Waals surface area (Å²) in [4.78, 5) is 25.4. The lowest BCUT2D eigenvalue weighted by Gasteiger charge is -2.13. The summed E-state index contributed by atoms with van der Waals surface area (Å²) in [6.07, 6.45) is 3.41. The van der Waals surface area contributed by atoms with E-state index in [0.29, 0.717) is 23.2 Å². The predicted molar refractivity (Wildman–Crippen MR) is 130 cm³/mol. The van der Waals surface area contributed by atoms with Gasteiger partial charge in [-0.15, -0.1) is 10.2 Å². The molecular weight excluding hydrogens is 454 g/mol. The molecule has 1 N–H and O–H groups in total. The van der Waals surface area contributed by atoms with Crippen LogP contribution in [-0.2, 0) is 11.3 Å². The number of methoxy groups -OCH3 is 2. The van der Waals surface area contributed by atoms with Gasteiger partial charge in [0.2, 0.25) is 11.6 Å². The topological polar surface area (TPSA) is 99.8 Å². The van der Waals surface area contributed by atoms with Crippen LogP contribution in [0.4, 0.5) is 0 Å². The number of amides is 1. The smallest absolute Gasteiger partial charge is 0.300 e. The number of ether oxygens (including phenoxy) is 2. The first-order valence-corrected chi connectivity index (χ1v) is 11.5. The van der Waals surface area contributed by atoms with Crippen LogP contribution in [0.15, 0.2) is 58.7 Å². The van der Waals surface area contributed by atoms with Crippen LogP contribution in [0.3, 0.4) is 0 Å². The average molecular weight is 480 g/mol. The van der Waals surface area contributed by atoms with Gasteiger partial charge in [0, 0.05) is 30.2 Å². The van der Waals surface area contributed by atoms with E-state index in [2.05, 4.69) is 15.5 Å². The number of para-hydroxylation sites is 1. The molecule has 0 atom stereocenters. The Kier molecular flexibility index (Phi) is 6.87. The molecule has 0 unspecified atom stereocenters. The summed E-state index contributed by atoms with van der Waals surface area (Å²) in [6, 6.07) is 11.3. The summed E-state index contributed by atoms with van der Waals surface area (Å²) >= 11 is 1.21. The minimum atomic E-state index is -0.278. The molecule has 176 valence electrons. The molecule has 0 aliphatic heterocycles. The van der Waals surface area contributed by atoms with Crippen molar-refractivity contribution in [2.75, 3.05) is 20.0 Å². The molecular formula is C24H25N5O4S. The summed E-state index contributed by atoms with van der Waals surface area (Å²) in [5.41, 5.74) is 3.74. The van der Waals surface area contributed by atoms with Gasteiger partial charge in [-0.3, -0.25) is 18.6 Å². The first-order chi connectivity index (χ1) is 16.4. The summed E-state index contributed by atoms with van der Waals surface area (Å²) in [7, 11) is 3.12. The molecule has 10 heteroatoms. The minimum Gasteiger partial charge on any atom is -0.493 e. The van der Waals surface area contributed by atoms with E-state index in [4.69, 9.17) is 9.47 Å². The summed E-state index contributed by atoms with van der Waals surface area (Å²) < 4.78 is 13.8. The maximum Gasteiger partial charge on any atom is 0.300 e. The van der Waals surface area contributed by atoms with Crippen molar-refractivity contribution in [3.63, 3.8) is 0 Å². The zero-order chi connectivity index (χ0) is 24.2. The van der Waals surface area contributed by atoms with Gasteiger partial charge >= 0.3 is 5.56 Å². The van der Waals surface area contributed by atoms with Crippen molar-refractivity contribution >= 4 is 23.3 Å². The first kappa shape index (κ1) is 23.4. The summed E-state index contributed by atoms with van der Waals surface area (Å²) in [5, 5.41) is 11.5. The second-order valence-corrected chi connectivity index (χ2v) is 8.58. The molecule has 2 aromatic heterocycles. The third kappa shape index (κ3) is 4.62. The highest BCUT2D eigenvalue weighted by Crippen LogP contribution is 2.30. The Hall–Kier alpha value is -3.79. The number of rotatable bonds is 8. The zero-order valence-electron chi connectivity index (χ0n) is 19.4. The molecule has 2 heterocycles. The third-order valence-electron chi connectivity index (χ3n) is 5.50. The molecule has 0 aliphatic rings. The van der Waals surface area contributed by atoms with E-state index >= 15 is 0 Å². The fraction of sp³-hybridized carbons (Fsp3) is 0.250. The minimum absolute atomic E-state index is 0.118. The molecule has 0 radical (unpaired) electrons. The SMILES string of the molecule is COc1cccc(CNC(=O)CSc2nnc3c(=O)n(-c4ccc(C)c(C)c4)ccn23)c1OC. The number of aryl methyl sites for hydroxylation is 2. The number of nitrogens with one attached hydrogen (secondary N) is 1. The number of thioether (sulfide) groups is 1. The van der Waals surface area contributed by atoms with Gasteiger partial charge in [0.25, 0.3) is 0 Å². The van der Waals surface area contributed by atoms with Crippen molar-refractivity contribution in [2.24, 2.45) is 0 Å². The van der Waals surface area contributed by atoms with Crippen LogP contribution in [0.25, 0.3) is 11.3 Å². The predicted octanol–water partition coefficient (Wildman–Crippen LogP) is 2.92. The maximum absolute atomic E-state index is 13.0. The normalized spacial score (nSPS) is 10.9. The highest BCUT2D eigenvalue weighted by Gasteiger charge is 2.15. The lowest BCUT2D eigenvalue weighted by atomic mass is 10.1. The molecule has 0 bridgehead atoms. The van der Waals surface area contributed by atoms with Gasteiger partial charge in [-0.05, 0) is 43.2 Å². The maximum atomic E-state index is 13.0. The second-order valence-electron chi connectivity index (χ2n) is 7.64. The molecule has 0 saturated carbocycles. The van der Waals surface area contributed by atoms with Crippen molar-refractivity contribution in [1.82, 2.24) is 24.5 Å². The fourth-order valence-electron chi connectivity index (χ4n) is 3.51. The Balaban J connectivity index is 1.45. The first-order valence-electron chi connectivity index (χ1n) is 10.6. The standard InChI is InChI=1S/C24H25N5O4S/c1-15-8-9-18(12-16(15)2)28-10-11-29-22(23(28)31)26-27-24(29)34-14-20(30)25-13-17-6-5-7-19(32-3)21(17)33-4/h5-12H,13-14H2,1-4H3,(H,25,30). The quantitative estimate of drug-likeness (QED) is 0.388. The Labute approximate surface area is 200 Å². The Morgan fingerprint density at radius 1 is 1.06 bits per heavy atom. The molecule has 34 heavy (non-hydrogen) atoms. The zero-order valence-corrected chi connectivity index (χ0v) is 20.2. The van der Waals surface area contributed by atoms with Crippen molar-refractivity contribution < 1.29 is 14.3 Å². The van der Waals surface area contributed by atoms with Gasteiger partial charge < -0.3 is 14.8 Å². The summed E-state index contributed by atoms with van der Waals surface area (Å²) in [5.74, 6) is 1.12. The van der Waals surface area contributed by atoms with Gasteiger partial charge in [-0.1, -0.05) is 30.0 Å². The largest absolute Gasteiger partial charge is 0.493 e. The number of carbonyl (C=O) groups excluding carboxylic acids is 1. The van der Waals surface area contributed by atoms with E-state index in [-0.39, 0.29) is 22.9 Å². The number of hydrogen-bond acceptors (Lipinski definition) is 7. The van der Waals surface area contributed by atoms with E-state index < -0.39 is 0 Å². The van der Waals surface area contributed by atoms with E-state index in [9.17, 15) is 9.59 Å². The number of carbonyl (C=O) groups is 1. The molecule has 4 rings (SSSR count). The monoisotopic (exact) mass is 479 g/mol. The average Bonchev–Trinajstić information content (AvgIpc) is 3.27. The van der Waals surface area contributed by atoms with E-state index in [1.165, 1.54) is 11.8 Å². The Bertz CT molecular complexity index is 1410. The lowest BCUT2D eigenvalue weighted by molar-refractivity contribution is -0.118. The molecule has 4 aromatic rings. The lowest BCUT2D eigenvalue weighted by Crippen LogP contribution is -2.25. The van der Waals surface area contributed by atoms with Crippen LogP contribution in [0.1, 0.15) is 16.7 Å². The van der Waals surface area contributed by atoms with Crippen molar-refractivity contribution in [3.05, 3.63) is 75.8 Å². The molecule has 0 aliphatic carbocycles. The van der Waals surface area contributed by atoms with Gasteiger partial charge in [0.15, 0.2) is 16.7 Å². The highest BCUT2D eigenvalue weighted by molar-refractivity contribution is 7.99. The molecule has 2 aromatic carbocycles. The Morgan fingerprint density at radius 3 is 2.62 bits per heavy atom. The van der Waals surface area contributed by atoms with Crippen molar-refractivity contribution in [3.8, 4) is 17.2 Å². The Morgan fingerprint density at radius 2 is 1.88 bits per heavy atom. The second kappa shape index (κ2) is 10.0. The van der Waals surface area contributed by atoms with Crippen LogP contribution < -0.4 is 20.3 Å². The van der Waals surface area contributed by atoms with Crippen molar-refractivity contribution in [2.45, 2.75) is 25.5 Å². The highest BCUT2D eigenvalue weighted by atomic mass is 32.2. The van der Waals surface area contributed by atoms with Gasteiger partial charge in [0.1, 0.15) is 0 Å². The van der Waals surface area contributed by atoms with E-state index in [1.54, 1.807) is 41.6 Å². The molecule has 0 saturated heterocycles. The van der Waals surface area contributed by atoms with Gasteiger partial charge in [-0.2, -0.15) is 0 Å². The number of hydrogen-bond donors (Lipinski definition) is 1. The van der Waals surface area contributed by atoms with Crippen LogP contribution in [0, 0.1) is 13.8 Å². The number of fused-ring (bicyclic) bond motifs is 1. The molecule has 0 spiro atoms. The number of aromatic nitrogens is 4. The van der Waals surface area contributed by atoms with E-state index in [1.807, 2.05) is 44.2 Å². The van der Waals surface area contributed by atoms with Gasteiger partial charge in [-0.25, -0.2) is 0 Å². The third-order valence-corrected chi connectivity index (χ3v) is 6.44. The van der Waals surface area contributed by atoms with Crippen LogP contribution in [-0.4, -0.2) is 45.0 Å². The number of nitrogens with zero attached hydrogens (tertiary/aromatic N) is 4. The van der Waals surface area contributed by atoms with Gasteiger partial charge in [0.05, 0.1) is 20.0 Å². The molecule has 9 nitrogen and oxygen atoms in total. The fourth-order valence-corrected chi connectivity index (χ4v) is 4.26. The molecule has 1 amide bonds. The van der Waals surface area contributed by atoms with Crippen LogP contribution in [0.2, 0.25) is 0 Å². The summed E-state index contributed by atoms with van der Waals surface area (Å²) in [6.45, 7) is 4.32. The van der Waals surface area contributed by atoms with Crippen LogP contribution in [0.5, 0.6) is 11.5 Å². The molecule has 0 fully saturated rings. The number of benzene rings is 2. The van der Waals surface area contributed by atoms with E-state index in [0.717, 1.165) is 22.4 Å². The van der Waals surface area contributed by atoms with Crippen molar-refractivity contribution in [1.29, 1.82) is 0 Å².